The van der Waals surface area contributed by atoms with Crippen LogP contribution in [0, 0.1) is 0 Å². The molecule has 92 valence electrons. The lowest BCUT2D eigenvalue weighted by Gasteiger charge is -2.22. The highest BCUT2D eigenvalue weighted by Gasteiger charge is 2.30. The first-order valence-electron chi connectivity index (χ1n) is 4.92. The van der Waals surface area contributed by atoms with Crippen molar-refractivity contribution < 1.29 is 18.3 Å². The first-order chi connectivity index (χ1) is 7.51. The van der Waals surface area contributed by atoms with Gasteiger partial charge in [0.2, 0.25) is 0 Å². The summed E-state index contributed by atoms with van der Waals surface area (Å²) in [6.45, 7) is -0.476. The summed E-state index contributed by atoms with van der Waals surface area (Å²) in [5.74, 6) is 0. The summed E-state index contributed by atoms with van der Waals surface area (Å²) < 4.78 is 36.8. The van der Waals surface area contributed by atoms with Crippen molar-refractivity contribution in [2.45, 2.75) is 19.1 Å². The van der Waals surface area contributed by atoms with Crippen LogP contribution < -0.4 is 0 Å². The average molecular weight is 253 g/mol. The number of alkyl halides is 3. The van der Waals surface area contributed by atoms with Crippen LogP contribution in [0.25, 0.3) is 0 Å². The predicted molar refractivity (Wildman–Crippen MR) is 57.4 cm³/mol. The van der Waals surface area contributed by atoms with Crippen molar-refractivity contribution in [3.8, 4) is 0 Å². The minimum absolute atomic E-state index is 0.0853. The van der Waals surface area contributed by atoms with Gasteiger partial charge in [-0.2, -0.15) is 24.5 Å². The molecule has 0 aromatic carbocycles. The fraction of sp³-hybridized carbons (Fsp3) is 0.600. The molecule has 0 aliphatic carbocycles. The standard InChI is InChI=1S/C10H14F3NOS/c11-10(12,13)8-14(3-1-4-15)6-9-2-5-16-7-9/h2,5,7,15H,1,3-4,6,8H2. The van der Waals surface area contributed by atoms with Gasteiger partial charge in [0.15, 0.2) is 0 Å². The zero-order valence-corrected chi connectivity index (χ0v) is 9.52. The van der Waals surface area contributed by atoms with Crippen molar-refractivity contribution in [1.29, 1.82) is 0 Å². The molecule has 1 aromatic rings. The number of thiophene rings is 1. The number of nitrogens with zero attached hydrogens (tertiary/aromatic N) is 1. The molecular formula is C10H14F3NOS. The Balaban J connectivity index is 2.50. The van der Waals surface area contributed by atoms with Crippen molar-refractivity contribution in [2.75, 3.05) is 19.7 Å². The zero-order chi connectivity index (χ0) is 12.0. The third kappa shape index (κ3) is 5.48. The van der Waals surface area contributed by atoms with E-state index >= 15 is 0 Å². The highest BCUT2D eigenvalue weighted by Crippen LogP contribution is 2.19. The average Bonchev–Trinajstić information content (AvgIpc) is 2.64. The van der Waals surface area contributed by atoms with Gasteiger partial charge in [0.1, 0.15) is 0 Å². The van der Waals surface area contributed by atoms with E-state index < -0.39 is 12.7 Å². The summed E-state index contributed by atoms with van der Waals surface area (Å²) in [5.41, 5.74) is 0.882. The topological polar surface area (TPSA) is 23.5 Å². The Morgan fingerprint density at radius 3 is 2.62 bits per heavy atom. The van der Waals surface area contributed by atoms with Gasteiger partial charge in [0, 0.05) is 19.7 Å². The van der Waals surface area contributed by atoms with Gasteiger partial charge in [-0.15, -0.1) is 0 Å². The first-order valence-corrected chi connectivity index (χ1v) is 5.86. The highest BCUT2D eigenvalue weighted by atomic mass is 32.1. The lowest BCUT2D eigenvalue weighted by Crippen LogP contribution is -2.34. The van der Waals surface area contributed by atoms with Crippen molar-refractivity contribution in [1.82, 2.24) is 4.90 Å². The largest absolute Gasteiger partial charge is 0.401 e. The monoisotopic (exact) mass is 253 g/mol. The van der Waals surface area contributed by atoms with Crippen LogP contribution in [0.1, 0.15) is 12.0 Å². The Kier molecular flexibility index (Phi) is 5.24. The quantitative estimate of drug-likeness (QED) is 0.842. The summed E-state index contributed by atoms with van der Waals surface area (Å²) in [4.78, 5) is 1.30. The molecule has 0 fully saturated rings. The van der Waals surface area contributed by atoms with E-state index in [2.05, 4.69) is 0 Å². The number of aliphatic hydroxyl groups is 1. The van der Waals surface area contributed by atoms with Gasteiger partial charge in [-0.1, -0.05) is 0 Å². The van der Waals surface area contributed by atoms with E-state index in [9.17, 15) is 13.2 Å². The van der Waals surface area contributed by atoms with Gasteiger partial charge >= 0.3 is 6.18 Å². The Bertz CT molecular complexity index is 287. The fourth-order valence-corrected chi connectivity index (χ4v) is 2.06. The minimum atomic E-state index is -4.19. The zero-order valence-electron chi connectivity index (χ0n) is 8.70. The van der Waals surface area contributed by atoms with Gasteiger partial charge in [0.05, 0.1) is 6.54 Å². The molecule has 0 aliphatic rings. The van der Waals surface area contributed by atoms with Crippen LogP contribution in [-0.4, -0.2) is 35.9 Å². The molecule has 0 saturated heterocycles. The van der Waals surface area contributed by atoms with Gasteiger partial charge in [-0.05, 0) is 28.8 Å². The molecule has 0 aliphatic heterocycles. The molecule has 0 radical (unpaired) electrons. The molecule has 0 saturated carbocycles. The molecule has 1 rings (SSSR count). The summed E-state index contributed by atoms with van der Waals surface area (Å²) in [7, 11) is 0. The van der Waals surface area contributed by atoms with Gasteiger partial charge in [-0.3, -0.25) is 4.90 Å². The van der Waals surface area contributed by atoms with E-state index in [1.807, 2.05) is 16.8 Å². The maximum absolute atomic E-state index is 12.3. The second-order valence-electron chi connectivity index (χ2n) is 3.53. The Morgan fingerprint density at radius 1 is 1.38 bits per heavy atom. The molecule has 1 aromatic heterocycles. The second kappa shape index (κ2) is 6.22. The summed E-state index contributed by atoms with van der Waals surface area (Å²) in [6.07, 6.45) is -3.83. The highest BCUT2D eigenvalue weighted by molar-refractivity contribution is 7.07. The molecule has 16 heavy (non-hydrogen) atoms. The van der Waals surface area contributed by atoms with Gasteiger partial charge < -0.3 is 5.11 Å². The van der Waals surface area contributed by atoms with Crippen LogP contribution >= 0.6 is 11.3 Å². The smallest absolute Gasteiger partial charge is 0.396 e. The summed E-state index contributed by atoms with van der Waals surface area (Å²) in [6, 6.07) is 1.81. The van der Waals surface area contributed by atoms with Crippen LogP contribution in [0.3, 0.4) is 0 Å². The van der Waals surface area contributed by atoms with Crippen molar-refractivity contribution in [3.63, 3.8) is 0 Å². The maximum Gasteiger partial charge on any atom is 0.401 e. The molecule has 0 amide bonds. The lowest BCUT2D eigenvalue weighted by molar-refractivity contribution is -0.147. The minimum Gasteiger partial charge on any atom is -0.396 e. The van der Waals surface area contributed by atoms with Crippen LogP contribution in [0.15, 0.2) is 16.8 Å². The number of aliphatic hydroxyl groups excluding tert-OH is 1. The van der Waals surface area contributed by atoms with E-state index in [0.717, 1.165) is 5.56 Å². The lowest BCUT2D eigenvalue weighted by atomic mass is 10.3. The van der Waals surface area contributed by atoms with Crippen LogP contribution in [-0.2, 0) is 6.54 Å². The van der Waals surface area contributed by atoms with Crippen LogP contribution in [0.4, 0.5) is 13.2 Å². The molecular weight excluding hydrogens is 239 g/mol. The summed E-state index contributed by atoms with van der Waals surface area (Å²) in [5, 5.41) is 12.3. The van der Waals surface area contributed by atoms with Gasteiger partial charge in [-0.25, -0.2) is 0 Å². The number of rotatable bonds is 6. The predicted octanol–water partition coefficient (Wildman–Crippen LogP) is 2.49. The number of hydrogen-bond acceptors (Lipinski definition) is 3. The van der Waals surface area contributed by atoms with Crippen molar-refractivity contribution in [2.24, 2.45) is 0 Å². The van der Waals surface area contributed by atoms with E-state index in [1.165, 1.54) is 16.2 Å². The van der Waals surface area contributed by atoms with Gasteiger partial charge in [0.25, 0.3) is 0 Å². The molecule has 0 spiro atoms. The summed E-state index contributed by atoms with van der Waals surface area (Å²) >= 11 is 1.47. The normalized spacial score (nSPS) is 12.3. The van der Waals surface area contributed by atoms with E-state index in [4.69, 9.17) is 5.11 Å². The van der Waals surface area contributed by atoms with E-state index in [0.29, 0.717) is 6.42 Å². The molecule has 0 bridgehead atoms. The van der Waals surface area contributed by atoms with Crippen LogP contribution in [0.2, 0.25) is 0 Å². The molecule has 1 heterocycles. The van der Waals surface area contributed by atoms with Crippen LogP contribution in [0.5, 0.6) is 0 Å². The maximum atomic E-state index is 12.3. The second-order valence-corrected chi connectivity index (χ2v) is 4.31. The SMILES string of the molecule is OCCCN(Cc1ccsc1)CC(F)(F)F. The number of hydrogen-bond donors (Lipinski definition) is 1. The Morgan fingerprint density at radius 2 is 2.12 bits per heavy atom. The third-order valence-electron chi connectivity index (χ3n) is 2.02. The first kappa shape index (κ1) is 13.5. The third-order valence-corrected chi connectivity index (χ3v) is 2.75. The molecule has 0 unspecified atom stereocenters. The molecule has 0 atom stereocenters. The van der Waals surface area contributed by atoms with E-state index in [1.54, 1.807) is 0 Å². The Labute approximate surface area is 96.3 Å². The molecule has 1 N–H and O–H groups in total. The Hall–Kier alpha value is -0.590. The van der Waals surface area contributed by atoms with E-state index in [-0.39, 0.29) is 19.7 Å². The number of halogens is 3. The van der Waals surface area contributed by atoms with Crippen molar-refractivity contribution in [3.05, 3.63) is 22.4 Å². The fourth-order valence-electron chi connectivity index (χ4n) is 1.40. The molecule has 2 nitrogen and oxygen atoms in total. The molecule has 6 heteroatoms. The van der Waals surface area contributed by atoms with Crippen molar-refractivity contribution >= 4 is 11.3 Å².